The maximum absolute atomic E-state index is 13.4. The summed E-state index contributed by atoms with van der Waals surface area (Å²) in [5.41, 5.74) is 3.89. The van der Waals surface area contributed by atoms with Gasteiger partial charge in [0, 0.05) is 0 Å². The van der Waals surface area contributed by atoms with Gasteiger partial charge in [-0.15, -0.1) is 0 Å². The van der Waals surface area contributed by atoms with Crippen LogP contribution < -0.4 is 4.90 Å². The van der Waals surface area contributed by atoms with Gasteiger partial charge in [-0.1, -0.05) is 29.5 Å². The number of thiazole rings is 1. The molecule has 0 aliphatic rings. The first-order chi connectivity index (χ1) is 15.7. The summed E-state index contributed by atoms with van der Waals surface area (Å²) in [6.45, 7) is 7.65. The molecule has 0 atom stereocenters. The quantitative estimate of drug-likeness (QED) is 0.349. The number of carbonyl (C=O) groups is 1. The van der Waals surface area contributed by atoms with Crippen molar-refractivity contribution in [3.63, 3.8) is 0 Å². The predicted octanol–water partition coefficient (Wildman–Crippen LogP) is 5.46. The molecule has 8 heteroatoms. The molecule has 1 amide bonds. The van der Waals surface area contributed by atoms with Crippen LogP contribution >= 0.6 is 11.3 Å². The van der Waals surface area contributed by atoms with Crippen LogP contribution in [0, 0.1) is 13.8 Å². The monoisotopic (exact) mass is 482 g/mol. The van der Waals surface area contributed by atoms with E-state index in [1.54, 1.807) is 55.3 Å². The molecule has 4 aromatic rings. The Bertz CT molecular complexity index is 1390. The fraction of sp³-hybridized carbons (Fsp3) is 0.280. The van der Waals surface area contributed by atoms with Crippen molar-refractivity contribution < 1.29 is 17.6 Å². The van der Waals surface area contributed by atoms with E-state index >= 15 is 0 Å². The van der Waals surface area contributed by atoms with Crippen molar-refractivity contribution in [2.45, 2.75) is 50.8 Å². The van der Waals surface area contributed by atoms with Gasteiger partial charge in [0.05, 0.1) is 39.6 Å². The number of aromatic nitrogens is 1. The highest BCUT2D eigenvalue weighted by Gasteiger charge is 2.23. The molecule has 2 aromatic carbocycles. The number of fused-ring (bicyclic) bond motifs is 1. The first-order valence-corrected chi connectivity index (χ1v) is 13.1. The van der Waals surface area contributed by atoms with Crippen LogP contribution in [0.25, 0.3) is 10.2 Å². The van der Waals surface area contributed by atoms with Crippen LogP contribution in [0.3, 0.4) is 0 Å². The number of hydrogen-bond donors (Lipinski definition) is 0. The van der Waals surface area contributed by atoms with Crippen LogP contribution in [0.15, 0.2) is 64.1 Å². The number of aryl methyl sites for hydroxylation is 2. The van der Waals surface area contributed by atoms with Crippen molar-refractivity contribution in [3.8, 4) is 0 Å². The Morgan fingerprint density at radius 2 is 1.82 bits per heavy atom. The third-order valence-electron chi connectivity index (χ3n) is 5.73. The van der Waals surface area contributed by atoms with Gasteiger partial charge >= 0.3 is 0 Å². The summed E-state index contributed by atoms with van der Waals surface area (Å²) >= 11 is 1.47. The van der Waals surface area contributed by atoms with Gasteiger partial charge in [0.15, 0.2) is 15.0 Å². The molecule has 0 aliphatic heterocycles. The second-order valence-corrected chi connectivity index (χ2v) is 11.8. The number of rotatable bonds is 7. The zero-order valence-electron chi connectivity index (χ0n) is 19.0. The molecule has 0 bridgehead atoms. The summed E-state index contributed by atoms with van der Waals surface area (Å²) in [7, 11) is -3.35. The van der Waals surface area contributed by atoms with Gasteiger partial charge in [0.25, 0.3) is 0 Å². The summed E-state index contributed by atoms with van der Waals surface area (Å²) in [6.07, 6.45) is 1.70. The molecule has 2 aromatic heterocycles. The lowest BCUT2D eigenvalue weighted by Gasteiger charge is -2.19. The molecule has 0 N–H and O–H groups in total. The van der Waals surface area contributed by atoms with E-state index in [2.05, 4.69) is 6.07 Å². The van der Waals surface area contributed by atoms with Crippen LogP contribution in [0.1, 0.15) is 36.3 Å². The minimum absolute atomic E-state index is 0.122. The molecule has 6 nitrogen and oxygen atoms in total. The largest absolute Gasteiger partial charge is 0.467 e. The topological polar surface area (TPSA) is 80.5 Å². The summed E-state index contributed by atoms with van der Waals surface area (Å²) < 4.78 is 31.3. The van der Waals surface area contributed by atoms with E-state index in [0.717, 1.165) is 26.9 Å². The van der Waals surface area contributed by atoms with Crippen molar-refractivity contribution in [1.82, 2.24) is 4.98 Å². The highest BCUT2D eigenvalue weighted by atomic mass is 32.2. The van der Waals surface area contributed by atoms with Crippen LogP contribution in [0.4, 0.5) is 5.13 Å². The average Bonchev–Trinajstić information content (AvgIpc) is 3.45. The molecule has 0 radical (unpaired) electrons. The van der Waals surface area contributed by atoms with Crippen molar-refractivity contribution in [3.05, 3.63) is 77.2 Å². The number of anilines is 1. The maximum Gasteiger partial charge on any atom is 0.233 e. The van der Waals surface area contributed by atoms with E-state index in [0.29, 0.717) is 10.9 Å². The first kappa shape index (κ1) is 23.2. The van der Waals surface area contributed by atoms with Crippen LogP contribution in [-0.2, 0) is 27.6 Å². The van der Waals surface area contributed by atoms with Gasteiger partial charge < -0.3 is 4.42 Å². The number of sulfone groups is 1. The number of hydrogen-bond acceptors (Lipinski definition) is 6. The van der Waals surface area contributed by atoms with Crippen molar-refractivity contribution in [2.24, 2.45) is 0 Å². The summed E-state index contributed by atoms with van der Waals surface area (Å²) in [6, 6.07) is 14.2. The van der Waals surface area contributed by atoms with E-state index in [1.807, 2.05) is 26.0 Å². The predicted molar refractivity (Wildman–Crippen MR) is 131 cm³/mol. The van der Waals surface area contributed by atoms with Crippen molar-refractivity contribution in [2.75, 3.05) is 4.90 Å². The number of furan rings is 1. The number of amides is 1. The Balaban J connectivity index is 1.64. The van der Waals surface area contributed by atoms with Crippen LogP contribution in [0.2, 0.25) is 0 Å². The minimum Gasteiger partial charge on any atom is -0.467 e. The Hall–Kier alpha value is -2.97. The van der Waals surface area contributed by atoms with E-state index < -0.39 is 15.1 Å². The third kappa shape index (κ3) is 4.72. The van der Waals surface area contributed by atoms with Gasteiger partial charge in [-0.2, -0.15) is 0 Å². The molecule has 172 valence electrons. The van der Waals surface area contributed by atoms with Gasteiger partial charge in [-0.05, 0) is 74.7 Å². The lowest BCUT2D eigenvalue weighted by atomic mass is 10.1. The lowest BCUT2D eigenvalue weighted by molar-refractivity contribution is -0.118. The molecule has 4 rings (SSSR count). The molecule has 2 heterocycles. The summed E-state index contributed by atoms with van der Waals surface area (Å²) in [5, 5.41) is 0.110. The lowest BCUT2D eigenvalue weighted by Crippen LogP contribution is -2.31. The number of nitrogens with zero attached hydrogens (tertiary/aromatic N) is 2. The van der Waals surface area contributed by atoms with Gasteiger partial charge in [0.2, 0.25) is 5.91 Å². The standard InChI is InChI=1S/C25H26N2O4S2/c1-16(2)33(29,30)21-10-8-19(9-11-21)14-23(28)27(15-20-6-5-13-31-20)25-26-24-18(4)17(3)7-12-22(24)32-25/h5-13,16H,14-15H2,1-4H3. The van der Waals surface area contributed by atoms with Gasteiger partial charge in [-0.25, -0.2) is 13.4 Å². The molecule has 0 spiro atoms. The SMILES string of the molecule is Cc1ccc2sc(N(Cc3ccco3)C(=O)Cc3ccc(S(=O)(=O)C(C)C)cc3)nc2c1C. The van der Waals surface area contributed by atoms with E-state index in [4.69, 9.17) is 9.40 Å². The number of carbonyl (C=O) groups excluding carboxylic acids is 1. The second kappa shape index (κ2) is 9.11. The summed E-state index contributed by atoms with van der Waals surface area (Å²) in [4.78, 5) is 20.1. The van der Waals surface area contributed by atoms with Crippen LogP contribution in [-0.4, -0.2) is 24.6 Å². The Morgan fingerprint density at radius 1 is 1.09 bits per heavy atom. The fourth-order valence-corrected chi connectivity index (χ4v) is 5.59. The van der Waals surface area contributed by atoms with E-state index in [9.17, 15) is 13.2 Å². The molecular weight excluding hydrogens is 456 g/mol. The molecule has 0 unspecified atom stereocenters. The third-order valence-corrected chi connectivity index (χ3v) is 8.94. The normalized spacial score (nSPS) is 11.9. The van der Waals surface area contributed by atoms with Crippen molar-refractivity contribution in [1.29, 1.82) is 0 Å². The maximum atomic E-state index is 13.4. The highest BCUT2D eigenvalue weighted by molar-refractivity contribution is 7.92. The molecular formula is C25H26N2O4S2. The molecule has 0 aliphatic carbocycles. The van der Waals surface area contributed by atoms with Crippen LogP contribution in [0.5, 0.6) is 0 Å². The molecule has 0 fully saturated rings. The fourth-order valence-electron chi connectivity index (χ4n) is 3.49. The molecule has 0 saturated heterocycles. The average molecular weight is 483 g/mol. The first-order valence-electron chi connectivity index (χ1n) is 10.7. The molecule has 33 heavy (non-hydrogen) atoms. The zero-order valence-corrected chi connectivity index (χ0v) is 20.7. The van der Waals surface area contributed by atoms with Crippen molar-refractivity contribution >= 4 is 42.4 Å². The number of benzene rings is 2. The van der Waals surface area contributed by atoms with E-state index in [1.165, 1.54) is 11.3 Å². The Kier molecular flexibility index (Phi) is 6.41. The Labute approximate surface area is 197 Å². The second-order valence-electron chi connectivity index (χ2n) is 8.32. The Morgan fingerprint density at radius 3 is 2.45 bits per heavy atom. The smallest absolute Gasteiger partial charge is 0.233 e. The molecule has 0 saturated carbocycles. The minimum atomic E-state index is -3.35. The van der Waals surface area contributed by atoms with Gasteiger partial charge in [-0.3, -0.25) is 9.69 Å². The highest BCUT2D eigenvalue weighted by Crippen LogP contribution is 2.33. The van der Waals surface area contributed by atoms with E-state index in [-0.39, 0.29) is 23.8 Å². The zero-order chi connectivity index (χ0) is 23.8. The summed E-state index contributed by atoms with van der Waals surface area (Å²) in [5.74, 6) is 0.521. The van der Waals surface area contributed by atoms with Gasteiger partial charge in [0.1, 0.15) is 5.76 Å².